The summed E-state index contributed by atoms with van der Waals surface area (Å²) in [5, 5.41) is 11.5. The van der Waals surface area contributed by atoms with Crippen LogP contribution >= 0.6 is 0 Å². The van der Waals surface area contributed by atoms with Crippen LogP contribution < -0.4 is 9.47 Å². The van der Waals surface area contributed by atoms with Gasteiger partial charge in [0.15, 0.2) is 0 Å². The molecule has 0 N–H and O–H groups in total. The molecule has 0 unspecified atom stereocenters. The summed E-state index contributed by atoms with van der Waals surface area (Å²) in [5.74, 6) is 0.752. The Labute approximate surface area is 141 Å². The van der Waals surface area contributed by atoms with Gasteiger partial charge in [-0.15, -0.1) is 0 Å². The molecular weight excluding hydrogens is 308 g/mol. The van der Waals surface area contributed by atoms with Gasteiger partial charge < -0.3 is 9.47 Å². The van der Waals surface area contributed by atoms with Crippen molar-refractivity contribution in [2.75, 3.05) is 0 Å². The first-order valence-electron chi connectivity index (χ1n) is 7.30. The molecule has 0 spiro atoms. The molecule has 6 heteroatoms. The molecule has 0 atom stereocenters. The SMILES string of the molecule is C=C/C=C(\C=C/C)Oc1nccc(OC(/C=C\C)=C/C)c1[N+](=O)[O-]. The van der Waals surface area contributed by atoms with Gasteiger partial charge in [-0.05, 0) is 45.1 Å². The van der Waals surface area contributed by atoms with Gasteiger partial charge in [-0.2, -0.15) is 0 Å². The number of aromatic nitrogens is 1. The van der Waals surface area contributed by atoms with Gasteiger partial charge in [0.2, 0.25) is 5.75 Å². The first kappa shape index (κ1) is 18.9. The molecule has 24 heavy (non-hydrogen) atoms. The van der Waals surface area contributed by atoms with E-state index in [4.69, 9.17) is 9.47 Å². The molecule has 0 aromatic carbocycles. The quantitative estimate of drug-likeness (QED) is 0.294. The van der Waals surface area contributed by atoms with Crippen LogP contribution in [0.4, 0.5) is 5.69 Å². The number of nitro groups is 1. The predicted molar refractivity (Wildman–Crippen MR) is 93.8 cm³/mol. The van der Waals surface area contributed by atoms with Crippen molar-refractivity contribution >= 4 is 5.69 Å². The van der Waals surface area contributed by atoms with Crippen LogP contribution in [0.25, 0.3) is 0 Å². The summed E-state index contributed by atoms with van der Waals surface area (Å²) in [7, 11) is 0. The largest absolute Gasteiger partial charge is 0.450 e. The van der Waals surface area contributed by atoms with Gasteiger partial charge in [0.1, 0.15) is 11.5 Å². The lowest BCUT2D eigenvalue weighted by atomic mass is 10.3. The molecule has 0 fully saturated rings. The van der Waals surface area contributed by atoms with Crippen LogP contribution in [0.1, 0.15) is 20.8 Å². The van der Waals surface area contributed by atoms with Gasteiger partial charge in [0, 0.05) is 12.3 Å². The molecule has 0 bridgehead atoms. The lowest BCUT2D eigenvalue weighted by molar-refractivity contribution is -0.386. The summed E-state index contributed by atoms with van der Waals surface area (Å²) < 4.78 is 11.1. The zero-order chi connectivity index (χ0) is 17.9. The zero-order valence-electron chi connectivity index (χ0n) is 13.9. The summed E-state index contributed by atoms with van der Waals surface area (Å²) in [6.07, 6.45) is 13.1. The molecule has 0 saturated heterocycles. The van der Waals surface area contributed by atoms with E-state index in [-0.39, 0.29) is 17.3 Å². The molecule has 0 aliphatic heterocycles. The first-order chi connectivity index (χ1) is 11.6. The minimum Gasteiger partial charge on any atom is -0.450 e. The van der Waals surface area contributed by atoms with Crippen LogP contribution in [-0.2, 0) is 0 Å². The van der Waals surface area contributed by atoms with E-state index in [2.05, 4.69) is 11.6 Å². The van der Waals surface area contributed by atoms with Gasteiger partial charge in [-0.3, -0.25) is 10.1 Å². The van der Waals surface area contributed by atoms with Gasteiger partial charge in [0.05, 0.1) is 4.92 Å². The third kappa shape index (κ3) is 5.24. The van der Waals surface area contributed by atoms with Crippen molar-refractivity contribution in [3.05, 3.63) is 83.0 Å². The van der Waals surface area contributed by atoms with Crippen molar-refractivity contribution in [1.29, 1.82) is 0 Å². The average Bonchev–Trinajstić information content (AvgIpc) is 2.54. The standard InChI is InChI=1S/C18H20N2O4/c1-5-9-14(8-4)23-16-12-13-19-18(17(16)20(21)22)24-15(10-6-2)11-7-3/h5-13H,2H2,1,3-4H3/b9-5-,11-7-,14-8+,15-10+. The molecule has 6 nitrogen and oxygen atoms in total. The maximum atomic E-state index is 11.5. The normalized spacial score (nSPS) is 12.6. The third-order valence-electron chi connectivity index (χ3n) is 2.71. The van der Waals surface area contributed by atoms with E-state index < -0.39 is 4.92 Å². The van der Waals surface area contributed by atoms with Crippen LogP contribution in [0.3, 0.4) is 0 Å². The van der Waals surface area contributed by atoms with Gasteiger partial charge in [0.25, 0.3) is 0 Å². The van der Waals surface area contributed by atoms with Crippen LogP contribution in [-0.4, -0.2) is 9.91 Å². The highest BCUT2D eigenvalue weighted by molar-refractivity contribution is 5.54. The minimum atomic E-state index is -0.582. The monoisotopic (exact) mass is 328 g/mol. The fourth-order valence-corrected chi connectivity index (χ4v) is 1.74. The Balaban J connectivity index is 3.32. The number of ether oxygens (including phenoxy) is 2. The summed E-state index contributed by atoms with van der Waals surface area (Å²) >= 11 is 0. The number of nitrogens with zero attached hydrogens (tertiary/aromatic N) is 2. The first-order valence-corrected chi connectivity index (χ1v) is 7.30. The number of allylic oxidation sites excluding steroid dienone is 7. The molecule has 1 heterocycles. The van der Waals surface area contributed by atoms with Gasteiger partial charge in [-0.1, -0.05) is 24.8 Å². The lowest BCUT2D eigenvalue weighted by Crippen LogP contribution is -2.03. The van der Waals surface area contributed by atoms with Crippen molar-refractivity contribution in [3.63, 3.8) is 0 Å². The number of pyridine rings is 1. The minimum absolute atomic E-state index is 0.0506. The average molecular weight is 328 g/mol. The Morgan fingerprint density at radius 2 is 1.88 bits per heavy atom. The Morgan fingerprint density at radius 1 is 1.21 bits per heavy atom. The van der Waals surface area contributed by atoms with E-state index in [9.17, 15) is 10.1 Å². The van der Waals surface area contributed by atoms with E-state index in [0.29, 0.717) is 11.5 Å². The fourth-order valence-electron chi connectivity index (χ4n) is 1.74. The molecule has 0 aliphatic rings. The highest BCUT2D eigenvalue weighted by atomic mass is 16.6. The third-order valence-corrected chi connectivity index (χ3v) is 2.71. The van der Waals surface area contributed by atoms with Crippen molar-refractivity contribution < 1.29 is 14.4 Å². The van der Waals surface area contributed by atoms with Crippen LogP contribution in [0.15, 0.2) is 72.9 Å². The van der Waals surface area contributed by atoms with Gasteiger partial charge >= 0.3 is 11.6 Å². The number of rotatable bonds is 8. The van der Waals surface area contributed by atoms with Crippen molar-refractivity contribution in [3.8, 4) is 11.6 Å². The van der Waals surface area contributed by atoms with Crippen molar-refractivity contribution in [2.45, 2.75) is 20.8 Å². The van der Waals surface area contributed by atoms with Crippen LogP contribution in [0, 0.1) is 10.1 Å². The Bertz CT molecular complexity index is 716. The fraction of sp³-hybridized carbons (Fsp3) is 0.167. The number of hydrogen-bond acceptors (Lipinski definition) is 5. The Morgan fingerprint density at radius 3 is 2.42 bits per heavy atom. The summed E-state index contributed by atoms with van der Waals surface area (Å²) in [5.41, 5.74) is -0.346. The molecule has 0 radical (unpaired) electrons. The second kappa shape index (κ2) is 9.78. The van der Waals surface area contributed by atoms with E-state index >= 15 is 0 Å². The van der Waals surface area contributed by atoms with Crippen LogP contribution in [0.5, 0.6) is 11.6 Å². The molecule has 1 aromatic rings. The second-order valence-electron chi connectivity index (χ2n) is 4.42. The maximum absolute atomic E-state index is 11.5. The maximum Gasteiger partial charge on any atom is 0.373 e. The molecule has 0 amide bonds. The van der Waals surface area contributed by atoms with E-state index in [0.717, 1.165) is 0 Å². The topological polar surface area (TPSA) is 74.5 Å². The smallest absolute Gasteiger partial charge is 0.373 e. The molecule has 1 aromatic heterocycles. The van der Waals surface area contributed by atoms with E-state index in [1.54, 1.807) is 50.3 Å². The predicted octanol–water partition coefficient (Wildman–Crippen LogP) is 4.87. The second-order valence-corrected chi connectivity index (χ2v) is 4.42. The molecule has 126 valence electrons. The summed E-state index contributed by atoms with van der Waals surface area (Å²) in [4.78, 5) is 14.9. The number of hydrogen-bond donors (Lipinski definition) is 0. The molecular formula is C18H20N2O4. The summed E-state index contributed by atoms with van der Waals surface area (Å²) in [6.45, 7) is 8.99. The highest BCUT2D eigenvalue weighted by Crippen LogP contribution is 2.36. The molecule has 0 aliphatic carbocycles. The zero-order valence-corrected chi connectivity index (χ0v) is 13.9. The van der Waals surface area contributed by atoms with Crippen molar-refractivity contribution in [2.24, 2.45) is 0 Å². The molecule has 0 saturated carbocycles. The lowest BCUT2D eigenvalue weighted by Gasteiger charge is -2.10. The van der Waals surface area contributed by atoms with E-state index in [1.165, 1.54) is 18.3 Å². The summed E-state index contributed by atoms with van der Waals surface area (Å²) in [6, 6.07) is 1.42. The Hall–Kier alpha value is -3.15. The van der Waals surface area contributed by atoms with Crippen molar-refractivity contribution in [1.82, 2.24) is 4.98 Å². The highest BCUT2D eigenvalue weighted by Gasteiger charge is 2.25. The Kier molecular flexibility index (Phi) is 7.70. The molecule has 1 rings (SSSR count). The van der Waals surface area contributed by atoms with E-state index in [1.807, 2.05) is 6.92 Å². The van der Waals surface area contributed by atoms with Gasteiger partial charge in [-0.25, -0.2) is 4.98 Å². The van der Waals surface area contributed by atoms with Crippen LogP contribution in [0.2, 0.25) is 0 Å².